The van der Waals surface area contributed by atoms with Crippen LogP contribution in [0.1, 0.15) is 59.5 Å². The van der Waals surface area contributed by atoms with Gasteiger partial charge in [0.1, 0.15) is 27.8 Å². The van der Waals surface area contributed by atoms with E-state index in [9.17, 15) is 37.0 Å². The van der Waals surface area contributed by atoms with Crippen molar-refractivity contribution in [1.82, 2.24) is 4.31 Å². The summed E-state index contributed by atoms with van der Waals surface area (Å²) in [6.45, 7) is -0.752. The van der Waals surface area contributed by atoms with Crippen molar-refractivity contribution in [2.24, 2.45) is 0 Å². The summed E-state index contributed by atoms with van der Waals surface area (Å²) in [6.07, 6.45) is 5.83. The highest BCUT2D eigenvalue weighted by molar-refractivity contribution is 7.89. The Morgan fingerprint density at radius 3 is 2.25 bits per heavy atom. The number of benzene rings is 3. The van der Waals surface area contributed by atoms with E-state index in [1.807, 2.05) is 24.3 Å². The Bertz CT molecular complexity index is 1510. The molecule has 0 unspecified atom stereocenters. The summed E-state index contributed by atoms with van der Waals surface area (Å²) in [6, 6.07) is 13.3. The van der Waals surface area contributed by atoms with Crippen LogP contribution in [0.3, 0.4) is 0 Å². The largest absolute Gasteiger partial charge is 0.507 e. The number of aromatic carboxylic acids is 1. The van der Waals surface area contributed by atoms with Crippen LogP contribution in [0, 0.1) is 11.6 Å². The summed E-state index contributed by atoms with van der Waals surface area (Å²) in [5, 5.41) is 19.5. The first kappa shape index (κ1) is 29.2. The summed E-state index contributed by atoms with van der Waals surface area (Å²) >= 11 is 0. The number of hydrogen-bond acceptors (Lipinski definition) is 5. The maximum atomic E-state index is 14.2. The van der Waals surface area contributed by atoms with E-state index in [1.165, 1.54) is 35.8 Å². The second kappa shape index (κ2) is 12.1. The third kappa shape index (κ3) is 6.48. The molecule has 1 amide bonds. The quantitative estimate of drug-likeness (QED) is 0.361. The number of carbonyl (C=O) groups is 2. The monoisotopic (exact) mass is 572 g/mol. The molecule has 0 radical (unpaired) electrons. The lowest BCUT2D eigenvalue weighted by atomic mass is 9.84. The molecule has 1 aliphatic carbocycles. The fourth-order valence-corrected chi connectivity index (χ4v) is 6.10. The van der Waals surface area contributed by atoms with Crippen molar-refractivity contribution in [3.8, 4) is 5.75 Å². The summed E-state index contributed by atoms with van der Waals surface area (Å²) in [5.74, 6) is -4.30. The summed E-state index contributed by atoms with van der Waals surface area (Å²) in [5.41, 5.74) is 1.69. The van der Waals surface area contributed by atoms with Gasteiger partial charge in [-0.15, -0.1) is 0 Å². The number of carboxylic acid groups (broad SMARTS) is 1. The topological polar surface area (TPSA) is 115 Å². The lowest BCUT2D eigenvalue weighted by Gasteiger charge is -2.27. The highest BCUT2D eigenvalue weighted by atomic mass is 32.2. The predicted molar refractivity (Wildman–Crippen MR) is 145 cm³/mol. The number of carboxylic acids is 1. The summed E-state index contributed by atoms with van der Waals surface area (Å²) in [4.78, 5) is 25.1. The number of carbonyl (C=O) groups excluding carboxylic acids is 1. The molecule has 0 aromatic heterocycles. The average Bonchev–Trinajstić information content (AvgIpc) is 2.93. The molecule has 0 saturated heterocycles. The number of anilines is 1. The van der Waals surface area contributed by atoms with Crippen molar-refractivity contribution in [1.29, 1.82) is 0 Å². The fourth-order valence-electron chi connectivity index (χ4n) is 4.91. The number of nitrogens with zero attached hydrogens (tertiary/aromatic N) is 2. The third-order valence-electron chi connectivity index (χ3n) is 7.16. The highest BCUT2D eigenvalue weighted by Crippen LogP contribution is 2.33. The van der Waals surface area contributed by atoms with Gasteiger partial charge in [-0.3, -0.25) is 4.79 Å². The van der Waals surface area contributed by atoms with Crippen molar-refractivity contribution in [3.05, 3.63) is 89.0 Å². The summed E-state index contributed by atoms with van der Waals surface area (Å²) in [7, 11) is -3.51. The molecule has 3 aromatic carbocycles. The number of sulfonamides is 1. The first-order chi connectivity index (χ1) is 19.0. The van der Waals surface area contributed by atoms with E-state index in [1.54, 1.807) is 0 Å². The van der Waals surface area contributed by atoms with Gasteiger partial charge in [0, 0.05) is 18.8 Å². The number of halogens is 2. The highest BCUT2D eigenvalue weighted by Gasteiger charge is 2.29. The maximum Gasteiger partial charge on any atom is 0.339 e. The lowest BCUT2D eigenvalue weighted by molar-refractivity contribution is -0.118. The van der Waals surface area contributed by atoms with Crippen molar-refractivity contribution >= 4 is 27.6 Å². The molecule has 212 valence electrons. The zero-order valence-corrected chi connectivity index (χ0v) is 22.7. The first-order valence-electron chi connectivity index (χ1n) is 12.8. The number of amides is 1. The predicted octanol–water partition coefficient (Wildman–Crippen LogP) is 5.27. The van der Waals surface area contributed by atoms with Crippen molar-refractivity contribution < 1.29 is 37.0 Å². The molecule has 1 saturated carbocycles. The van der Waals surface area contributed by atoms with Crippen LogP contribution in [-0.2, 0) is 21.4 Å². The molecule has 0 spiro atoms. The van der Waals surface area contributed by atoms with Gasteiger partial charge in [0.15, 0.2) is 0 Å². The molecule has 4 rings (SSSR count). The van der Waals surface area contributed by atoms with Crippen molar-refractivity contribution in [3.63, 3.8) is 0 Å². The summed E-state index contributed by atoms with van der Waals surface area (Å²) < 4.78 is 54.5. The van der Waals surface area contributed by atoms with E-state index in [2.05, 4.69) is 0 Å². The Morgan fingerprint density at radius 1 is 0.950 bits per heavy atom. The lowest BCUT2D eigenvalue weighted by Crippen LogP contribution is -2.41. The van der Waals surface area contributed by atoms with Crippen LogP contribution in [0.15, 0.2) is 65.6 Å². The van der Waals surface area contributed by atoms with E-state index in [-0.39, 0.29) is 17.8 Å². The third-order valence-corrected chi connectivity index (χ3v) is 8.98. The van der Waals surface area contributed by atoms with E-state index in [4.69, 9.17) is 0 Å². The van der Waals surface area contributed by atoms with Crippen LogP contribution < -0.4 is 4.90 Å². The van der Waals surface area contributed by atoms with Gasteiger partial charge in [-0.25, -0.2) is 22.0 Å². The molecule has 0 aliphatic heterocycles. The zero-order valence-electron chi connectivity index (χ0n) is 21.9. The van der Waals surface area contributed by atoms with Crippen LogP contribution in [0.4, 0.5) is 14.5 Å². The van der Waals surface area contributed by atoms with Crippen LogP contribution in [0.25, 0.3) is 0 Å². The van der Waals surface area contributed by atoms with Gasteiger partial charge < -0.3 is 15.1 Å². The SMILES string of the molecule is CN(CC(=O)N(Cc1ccc(C2CCCCC2)cc1)c1ccc(C(=O)O)c(O)c1)S(=O)(=O)c1cc(F)ccc1F. The molecule has 1 aliphatic rings. The van der Waals surface area contributed by atoms with Gasteiger partial charge in [0.25, 0.3) is 0 Å². The standard InChI is InChI=1S/C29H30F2N2O6S/c1-32(40(38,39)27-15-22(30)11-14-25(27)31)18-28(35)33(23-12-13-24(29(36)37)26(34)16-23)17-19-7-9-21(10-8-19)20-5-3-2-4-6-20/h7-16,20,34H,2-6,17-18H2,1H3,(H,36,37). The van der Waals surface area contributed by atoms with Crippen LogP contribution in [0.5, 0.6) is 5.75 Å². The Balaban J connectivity index is 1.62. The van der Waals surface area contributed by atoms with Crippen molar-refractivity contribution in [2.45, 2.75) is 49.5 Å². The number of hydrogen-bond donors (Lipinski definition) is 2. The maximum absolute atomic E-state index is 14.2. The molecule has 40 heavy (non-hydrogen) atoms. The zero-order chi connectivity index (χ0) is 29.0. The number of aromatic hydroxyl groups is 1. The molecule has 0 heterocycles. The Morgan fingerprint density at radius 2 is 1.62 bits per heavy atom. The van der Waals surface area contributed by atoms with E-state index >= 15 is 0 Å². The Labute approximate surface area is 231 Å². The molecular formula is C29H30F2N2O6S. The molecule has 0 atom stereocenters. The van der Waals surface area contributed by atoms with Gasteiger partial charge in [-0.1, -0.05) is 43.5 Å². The van der Waals surface area contributed by atoms with Crippen LogP contribution >= 0.6 is 0 Å². The van der Waals surface area contributed by atoms with E-state index in [0.29, 0.717) is 22.4 Å². The minimum Gasteiger partial charge on any atom is -0.507 e. The normalized spacial score (nSPS) is 14.3. The Hall–Kier alpha value is -3.83. The minimum absolute atomic E-state index is 0.0160. The second-order valence-electron chi connectivity index (χ2n) is 9.90. The number of phenols is 1. The molecule has 11 heteroatoms. The van der Waals surface area contributed by atoms with E-state index < -0.39 is 50.7 Å². The van der Waals surface area contributed by atoms with Crippen LogP contribution in [0.2, 0.25) is 0 Å². The van der Waals surface area contributed by atoms with Crippen molar-refractivity contribution in [2.75, 3.05) is 18.5 Å². The molecule has 2 N–H and O–H groups in total. The van der Waals surface area contributed by atoms with Gasteiger partial charge in [-0.05, 0) is 60.2 Å². The van der Waals surface area contributed by atoms with E-state index in [0.717, 1.165) is 43.7 Å². The minimum atomic E-state index is -4.58. The fraction of sp³-hybridized carbons (Fsp3) is 0.310. The molecule has 1 fully saturated rings. The van der Waals surface area contributed by atoms with Gasteiger partial charge >= 0.3 is 5.97 Å². The molecule has 8 nitrogen and oxygen atoms in total. The Kier molecular flexibility index (Phi) is 8.85. The molecule has 3 aromatic rings. The second-order valence-corrected chi connectivity index (χ2v) is 11.9. The average molecular weight is 573 g/mol. The number of rotatable bonds is 9. The van der Waals surface area contributed by atoms with Gasteiger partial charge in [0.05, 0.1) is 13.1 Å². The molecular weight excluding hydrogens is 542 g/mol. The number of likely N-dealkylation sites (N-methyl/N-ethyl adjacent to an activating group) is 1. The van der Waals surface area contributed by atoms with Gasteiger partial charge in [0.2, 0.25) is 15.9 Å². The first-order valence-corrected chi connectivity index (χ1v) is 14.3. The van der Waals surface area contributed by atoms with Crippen LogP contribution in [-0.4, -0.2) is 48.4 Å². The molecule has 0 bridgehead atoms. The van der Waals surface area contributed by atoms with Gasteiger partial charge in [-0.2, -0.15) is 4.31 Å². The smallest absolute Gasteiger partial charge is 0.339 e.